The summed E-state index contributed by atoms with van der Waals surface area (Å²) in [5.41, 5.74) is 6.32. The predicted molar refractivity (Wildman–Crippen MR) is 54.5 cm³/mol. The third kappa shape index (κ3) is 3.11. The van der Waals surface area contributed by atoms with E-state index in [0.29, 0.717) is 24.0 Å². The van der Waals surface area contributed by atoms with Crippen molar-refractivity contribution < 1.29 is 9.18 Å². The average Bonchev–Trinajstić information content (AvgIpc) is 2.17. The topological polar surface area (TPSA) is 43.1 Å². The molecule has 0 amide bonds. The summed E-state index contributed by atoms with van der Waals surface area (Å²) in [7, 11) is 0. The number of rotatable bonds is 4. The third-order valence-corrected chi connectivity index (χ3v) is 1.72. The number of carbonyl (C=O) groups is 1. The molecule has 0 fully saturated rings. The predicted octanol–water partition coefficient (Wildman–Crippen LogP) is 2.00. The second kappa shape index (κ2) is 5.29. The molecule has 0 unspecified atom stereocenters. The summed E-state index contributed by atoms with van der Waals surface area (Å²) in [5, 5.41) is 0. The minimum atomic E-state index is -0.401. The van der Waals surface area contributed by atoms with Crippen molar-refractivity contribution in [3.63, 3.8) is 0 Å². The van der Waals surface area contributed by atoms with Crippen molar-refractivity contribution in [3.05, 3.63) is 41.2 Å². The molecular formula is C11H12FNO. The normalized spacial score (nSPS) is 10.7. The summed E-state index contributed by atoms with van der Waals surface area (Å²) in [6, 6.07) is 4.20. The maximum Gasteiger partial charge on any atom is 0.150 e. The van der Waals surface area contributed by atoms with Crippen LogP contribution in [-0.4, -0.2) is 12.8 Å². The van der Waals surface area contributed by atoms with Gasteiger partial charge in [-0.15, -0.1) is 0 Å². The number of hydrogen-bond donors (Lipinski definition) is 1. The minimum absolute atomic E-state index is 0.345. The van der Waals surface area contributed by atoms with Crippen molar-refractivity contribution >= 4 is 12.4 Å². The smallest absolute Gasteiger partial charge is 0.150 e. The molecule has 0 bridgehead atoms. The van der Waals surface area contributed by atoms with Crippen LogP contribution in [0.2, 0.25) is 0 Å². The molecule has 0 saturated carbocycles. The average molecular weight is 193 g/mol. The Morgan fingerprint density at radius 3 is 2.64 bits per heavy atom. The molecule has 1 rings (SSSR count). The van der Waals surface area contributed by atoms with Crippen molar-refractivity contribution in [2.75, 3.05) is 6.54 Å². The monoisotopic (exact) mass is 193 g/mol. The van der Waals surface area contributed by atoms with Crippen LogP contribution >= 0.6 is 0 Å². The minimum Gasteiger partial charge on any atom is -0.330 e. The van der Waals surface area contributed by atoms with Gasteiger partial charge in [-0.1, -0.05) is 12.2 Å². The van der Waals surface area contributed by atoms with E-state index in [0.717, 1.165) is 6.42 Å². The highest BCUT2D eigenvalue weighted by atomic mass is 19.1. The summed E-state index contributed by atoms with van der Waals surface area (Å²) in [5.74, 6) is -0.401. The molecule has 0 aliphatic carbocycles. The molecule has 0 aliphatic rings. The second-order valence-electron chi connectivity index (χ2n) is 2.92. The number of carbonyl (C=O) groups excluding carboxylic acids is 1. The molecule has 0 saturated heterocycles. The van der Waals surface area contributed by atoms with E-state index in [1.165, 1.54) is 12.1 Å². The lowest BCUT2D eigenvalue weighted by atomic mass is 10.1. The van der Waals surface area contributed by atoms with Gasteiger partial charge in [-0.2, -0.15) is 0 Å². The summed E-state index contributed by atoms with van der Waals surface area (Å²) < 4.78 is 12.9. The van der Waals surface area contributed by atoms with Crippen LogP contribution in [0.25, 0.3) is 6.08 Å². The van der Waals surface area contributed by atoms with Gasteiger partial charge in [0.15, 0.2) is 0 Å². The van der Waals surface area contributed by atoms with Gasteiger partial charge in [0.2, 0.25) is 0 Å². The first-order valence-corrected chi connectivity index (χ1v) is 4.38. The van der Waals surface area contributed by atoms with Crippen LogP contribution < -0.4 is 5.73 Å². The molecule has 0 spiro atoms. The van der Waals surface area contributed by atoms with Crippen LogP contribution in [0.3, 0.4) is 0 Å². The molecule has 0 aliphatic heterocycles. The first-order chi connectivity index (χ1) is 6.76. The molecular weight excluding hydrogens is 181 g/mol. The quantitative estimate of drug-likeness (QED) is 0.743. The van der Waals surface area contributed by atoms with E-state index in [-0.39, 0.29) is 0 Å². The molecule has 2 N–H and O–H groups in total. The van der Waals surface area contributed by atoms with E-state index in [9.17, 15) is 9.18 Å². The SMILES string of the molecule is NCCC=Cc1cc(F)cc(C=O)c1. The van der Waals surface area contributed by atoms with Gasteiger partial charge in [0.1, 0.15) is 12.1 Å². The zero-order valence-corrected chi connectivity index (χ0v) is 7.74. The number of nitrogens with two attached hydrogens (primary N) is 1. The van der Waals surface area contributed by atoms with Crippen LogP contribution in [0.15, 0.2) is 24.3 Å². The van der Waals surface area contributed by atoms with Crippen LogP contribution in [0.4, 0.5) is 4.39 Å². The lowest BCUT2D eigenvalue weighted by Crippen LogP contribution is -1.95. The van der Waals surface area contributed by atoms with Crippen molar-refractivity contribution in [1.82, 2.24) is 0 Å². The van der Waals surface area contributed by atoms with Crippen molar-refractivity contribution in [2.45, 2.75) is 6.42 Å². The second-order valence-corrected chi connectivity index (χ2v) is 2.92. The first-order valence-electron chi connectivity index (χ1n) is 4.38. The molecule has 0 aromatic heterocycles. The number of halogens is 1. The summed E-state index contributed by atoms with van der Waals surface area (Å²) in [6.07, 6.45) is 4.97. The summed E-state index contributed by atoms with van der Waals surface area (Å²) in [6.45, 7) is 0.562. The van der Waals surface area contributed by atoms with Crippen LogP contribution in [0.5, 0.6) is 0 Å². The van der Waals surface area contributed by atoms with Crippen molar-refractivity contribution in [3.8, 4) is 0 Å². The molecule has 2 nitrogen and oxygen atoms in total. The molecule has 3 heteroatoms. The fourth-order valence-electron chi connectivity index (χ4n) is 1.12. The maximum absolute atomic E-state index is 12.9. The third-order valence-electron chi connectivity index (χ3n) is 1.72. The highest BCUT2D eigenvalue weighted by Crippen LogP contribution is 2.09. The van der Waals surface area contributed by atoms with Crippen LogP contribution in [0.1, 0.15) is 22.3 Å². The zero-order chi connectivity index (χ0) is 10.4. The van der Waals surface area contributed by atoms with Gasteiger partial charge in [0.05, 0.1) is 0 Å². The molecule has 74 valence electrons. The Hall–Kier alpha value is -1.48. The van der Waals surface area contributed by atoms with Crippen molar-refractivity contribution in [1.29, 1.82) is 0 Å². The van der Waals surface area contributed by atoms with Gasteiger partial charge in [-0.25, -0.2) is 4.39 Å². The molecule has 1 aromatic rings. The fraction of sp³-hybridized carbons (Fsp3) is 0.182. The van der Waals surface area contributed by atoms with Gasteiger partial charge in [0.25, 0.3) is 0 Å². The van der Waals surface area contributed by atoms with E-state index < -0.39 is 5.82 Å². The fourth-order valence-corrected chi connectivity index (χ4v) is 1.12. The zero-order valence-electron chi connectivity index (χ0n) is 7.74. The molecule has 0 radical (unpaired) electrons. The number of aldehydes is 1. The summed E-state index contributed by atoms with van der Waals surface area (Å²) in [4.78, 5) is 10.4. The van der Waals surface area contributed by atoms with Crippen LogP contribution in [0, 0.1) is 5.82 Å². The van der Waals surface area contributed by atoms with E-state index in [1.54, 1.807) is 12.1 Å². The lowest BCUT2D eigenvalue weighted by molar-refractivity contribution is 0.112. The first kappa shape index (κ1) is 10.6. The Balaban J connectivity index is 2.86. The molecule has 14 heavy (non-hydrogen) atoms. The van der Waals surface area contributed by atoms with Gasteiger partial charge < -0.3 is 5.73 Å². The maximum atomic E-state index is 12.9. The van der Waals surface area contributed by atoms with E-state index in [2.05, 4.69) is 0 Å². The summed E-state index contributed by atoms with van der Waals surface area (Å²) >= 11 is 0. The Labute approximate surface area is 82.2 Å². The Kier molecular flexibility index (Phi) is 4.01. The number of hydrogen-bond acceptors (Lipinski definition) is 2. The molecule has 1 aromatic carbocycles. The van der Waals surface area contributed by atoms with Gasteiger partial charge in [-0.05, 0) is 36.7 Å². The molecule has 0 atom stereocenters. The largest absolute Gasteiger partial charge is 0.330 e. The van der Waals surface area contributed by atoms with E-state index in [4.69, 9.17) is 5.73 Å². The van der Waals surface area contributed by atoms with Crippen LogP contribution in [-0.2, 0) is 0 Å². The highest BCUT2D eigenvalue weighted by molar-refractivity contribution is 5.76. The van der Waals surface area contributed by atoms with E-state index in [1.807, 2.05) is 6.08 Å². The van der Waals surface area contributed by atoms with Crippen molar-refractivity contribution in [2.24, 2.45) is 5.73 Å². The lowest BCUT2D eigenvalue weighted by Gasteiger charge is -1.96. The van der Waals surface area contributed by atoms with Gasteiger partial charge >= 0.3 is 0 Å². The highest BCUT2D eigenvalue weighted by Gasteiger charge is 1.96. The molecule has 0 heterocycles. The Morgan fingerprint density at radius 1 is 1.29 bits per heavy atom. The number of benzene rings is 1. The standard InChI is InChI=1S/C11H12FNO/c12-11-6-9(3-1-2-4-13)5-10(7-11)8-14/h1,3,5-8H,2,4,13H2. The Morgan fingerprint density at radius 2 is 2.00 bits per heavy atom. The van der Waals surface area contributed by atoms with Gasteiger partial charge in [-0.3, -0.25) is 4.79 Å². The van der Waals surface area contributed by atoms with Gasteiger partial charge in [0, 0.05) is 5.56 Å². The van der Waals surface area contributed by atoms with E-state index >= 15 is 0 Å². The Bertz CT molecular complexity index is 347.